The maximum absolute atomic E-state index is 6.34. The van der Waals surface area contributed by atoms with Crippen molar-refractivity contribution in [1.82, 2.24) is 19.5 Å². The molecular weight excluding hydrogens is 436 g/mol. The minimum Gasteiger partial charge on any atom is -0.347 e. The van der Waals surface area contributed by atoms with Crippen molar-refractivity contribution in [3.8, 4) is 0 Å². The molecule has 2 aromatic rings. The summed E-state index contributed by atoms with van der Waals surface area (Å²) in [5.74, 6) is 0.108. The maximum Gasteiger partial charge on any atom is 0.182 e. The van der Waals surface area contributed by atoms with Crippen molar-refractivity contribution in [2.75, 3.05) is 13.2 Å². The summed E-state index contributed by atoms with van der Waals surface area (Å²) in [5, 5.41) is 0.451. The molecule has 0 amide bonds. The Morgan fingerprint density at radius 1 is 1.24 bits per heavy atom. The Hall–Kier alpha value is -1.76. The van der Waals surface area contributed by atoms with E-state index in [1.807, 2.05) is 4.57 Å². The second kappa shape index (κ2) is 8.47. The lowest BCUT2D eigenvalue weighted by atomic mass is 9.47. The summed E-state index contributed by atoms with van der Waals surface area (Å²) in [7, 11) is 0. The van der Waals surface area contributed by atoms with Gasteiger partial charge in [0.25, 0.3) is 0 Å². The van der Waals surface area contributed by atoms with Crippen LogP contribution in [0.1, 0.15) is 65.7 Å². The molecule has 1 saturated heterocycles. The molecule has 2 saturated carbocycles. The Labute approximate surface area is 201 Å². The fraction of sp³-hybridized carbons (Fsp3) is 0.654. The zero-order valence-electron chi connectivity index (χ0n) is 20.1. The van der Waals surface area contributed by atoms with Gasteiger partial charge in [-0.1, -0.05) is 49.2 Å². The van der Waals surface area contributed by atoms with Gasteiger partial charge in [0.1, 0.15) is 11.8 Å². The fourth-order valence-electron chi connectivity index (χ4n) is 6.78. The van der Waals surface area contributed by atoms with Crippen molar-refractivity contribution in [2.45, 2.75) is 78.0 Å². The summed E-state index contributed by atoms with van der Waals surface area (Å²) >= 11 is 6.29. The molecule has 178 valence electrons. The lowest BCUT2D eigenvalue weighted by Crippen LogP contribution is -2.60. The van der Waals surface area contributed by atoms with Crippen LogP contribution in [0.3, 0.4) is 0 Å². The first kappa shape index (κ1) is 23.0. The van der Waals surface area contributed by atoms with Crippen molar-refractivity contribution in [3.05, 3.63) is 41.6 Å². The number of aryl methyl sites for hydroxylation is 1. The van der Waals surface area contributed by atoms with Crippen LogP contribution >= 0.6 is 11.6 Å². The largest absolute Gasteiger partial charge is 0.347 e. The number of halogens is 1. The molecule has 0 aromatic carbocycles. The van der Waals surface area contributed by atoms with Gasteiger partial charge in [-0.2, -0.15) is 0 Å². The number of ether oxygens (including phenoxy) is 2. The molecule has 3 aliphatic rings. The van der Waals surface area contributed by atoms with Gasteiger partial charge in [-0.05, 0) is 56.8 Å². The summed E-state index contributed by atoms with van der Waals surface area (Å²) in [6.45, 7) is 13.9. The third-order valence-electron chi connectivity index (χ3n) is 8.90. The second-order valence-corrected chi connectivity index (χ2v) is 11.0. The van der Waals surface area contributed by atoms with E-state index in [4.69, 9.17) is 21.1 Å². The summed E-state index contributed by atoms with van der Waals surface area (Å²) < 4.78 is 14.7. The smallest absolute Gasteiger partial charge is 0.182 e. The van der Waals surface area contributed by atoms with E-state index in [1.54, 1.807) is 6.33 Å². The van der Waals surface area contributed by atoms with Crippen LogP contribution in [0.15, 0.2) is 36.5 Å². The molecule has 33 heavy (non-hydrogen) atoms. The van der Waals surface area contributed by atoms with Crippen molar-refractivity contribution in [3.63, 3.8) is 0 Å². The molecular formula is C26H35ClN4O2. The topological polar surface area (TPSA) is 62.1 Å². The van der Waals surface area contributed by atoms with E-state index in [2.05, 4.69) is 48.4 Å². The average Bonchev–Trinajstić information content (AvgIpc) is 3.44. The van der Waals surface area contributed by atoms with Crippen LogP contribution in [0.25, 0.3) is 11.2 Å². The number of nitrogens with zero attached hydrogens (tertiary/aromatic N) is 4. The summed E-state index contributed by atoms with van der Waals surface area (Å²) in [6, 6.07) is 0. The highest BCUT2D eigenvalue weighted by molar-refractivity contribution is 6.33. The van der Waals surface area contributed by atoms with E-state index < -0.39 is 5.79 Å². The van der Waals surface area contributed by atoms with Crippen LogP contribution in [0.2, 0.25) is 5.15 Å². The van der Waals surface area contributed by atoms with Crippen molar-refractivity contribution >= 4 is 22.8 Å². The Balaban J connectivity index is 1.33. The molecule has 1 aliphatic heterocycles. The van der Waals surface area contributed by atoms with E-state index in [1.165, 1.54) is 23.9 Å². The molecule has 0 N–H and O–H groups in total. The molecule has 2 aliphatic carbocycles. The summed E-state index contributed by atoms with van der Waals surface area (Å²) in [6.07, 6.45) is 13.1. The Bertz CT molecular complexity index is 1090. The summed E-state index contributed by atoms with van der Waals surface area (Å²) in [4.78, 5) is 12.7. The normalized spacial score (nSPS) is 31.9. The minimum atomic E-state index is -0.402. The molecule has 6 nitrogen and oxygen atoms in total. The van der Waals surface area contributed by atoms with Crippen LogP contribution < -0.4 is 0 Å². The highest BCUT2D eigenvalue weighted by atomic mass is 35.5. The third-order valence-corrected chi connectivity index (χ3v) is 9.18. The van der Waals surface area contributed by atoms with Crippen molar-refractivity contribution in [2.24, 2.45) is 16.7 Å². The third kappa shape index (κ3) is 3.65. The Kier molecular flexibility index (Phi) is 5.91. The average molecular weight is 471 g/mol. The van der Waals surface area contributed by atoms with Gasteiger partial charge in [0.15, 0.2) is 16.6 Å². The zero-order valence-corrected chi connectivity index (χ0v) is 20.8. The van der Waals surface area contributed by atoms with Crippen LogP contribution in [-0.2, 0) is 16.0 Å². The number of rotatable bonds is 5. The van der Waals surface area contributed by atoms with E-state index in [-0.39, 0.29) is 10.8 Å². The van der Waals surface area contributed by atoms with E-state index in [9.17, 15) is 0 Å². The first-order valence-corrected chi connectivity index (χ1v) is 12.6. The predicted molar refractivity (Wildman–Crippen MR) is 130 cm³/mol. The highest BCUT2D eigenvalue weighted by Crippen LogP contribution is 2.65. The fourth-order valence-corrected chi connectivity index (χ4v) is 7.02. The first-order valence-electron chi connectivity index (χ1n) is 12.2. The van der Waals surface area contributed by atoms with Crippen molar-refractivity contribution < 1.29 is 9.47 Å². The van der Waals surface area contributed by atoms with Gasteiger partial charge in [0, 0.05) is 18.4 Å². The molecule has 7 heteroatoms. The van der Waals surface area contributed by atoms with Crippen LogP contribution in [0.5, 0.6) is 0 Å². The monoisotopic (exact) mass is 470 g/mol. The molecule has 0 unspecified atom stereocenters. The zero-order chi connectivity index (χ0) is 23.3. The van der Waals surface area contributed by atoms with Gasteiger partial charge in [0.2, 0.25) is 0 Å². The number of fused-ring (bicyclic) bond motifs is 3. The first-order chi connectivity index (χ1) is 15.8. The van der Waals surface area contributed by atoms with Crippen LogP contribution in [0.4, 0.5) is 0 Å². The lowest BCUT2D eigenvalue weighted by molar-refractivity contribution is -0.285. The van der Waals surface area contributed by atoms with E-state index in [0.29, 0.717) is 16.7 Å². The van der Waals surface area contributed by atoms with E-state index >= 15 is 0 Å². The van der Waals surface area contributed by atoms with Crippen molar-refractivity contribution in [1.29, 1.82) is 0 Å². The molecule has 3 fully saturated rings. The highest BCUT2D eigenvalue weighted by Gasteiger charge is 2.63. The molecule has 3 heterocycles. The maximum atomic E-state index is 6.34. The van der Waals surface area contributed by atoms with Gasteiger partial charge in [-0.25, -0.2) is 15.0 Å². The summed E-state index contributed by atoms with van der Waals surface area (Å²) in [5.41, 5.74) is 4.28. The number of hydrogen-bond acceptors (Lipinski definition) is 5. The van der Waals surface area contributed by atoms with Gasteiger partial charge >= 0.3 is 0 Å². The van der Waals surface area contributed by atoms with Gasteiger partial charge in [-0.15, -0.1) is 0 Å². The Morgan fingerprint density at radius 2 is 2.03 bits per heavy atom. The predicted octanol–water partition coefficient (Wildman–Crippen LogP) is 6.11. The molecule has 0 bridgehead atoms. The van der Waals surface area contributed by atoms with Gasteiger partial charge in [0.05, 0.1) is 19.5 Å². The molecule has 5 rings (SSSR count). The van der Waals surface area contributed by atoms with Crippen LogP contribution in [0, 0.1) is 16.7 Å². The van der Waals surface area contributed by atoms with Gasteiger partial charge < -0.3 is 14.0 Å². The molecule has 1 spiro atoms. The molecule has 3 atom stereocenters. The van der Waals surface area contributed by atoms with Gasteiger partial charge in [-0.3, -0.25) is 0 Å². The second-order valence-electron chi connectivity index (χ2n) is 10.6. The van der Waals surface area contributed by atoms with Crippen LogP contribution in [-0.4, -0.2) is 38.5 Å². The lowest BCUT2D eigenvalue weighted by Gasteiger charge is -2.61. The number of hydrogen-bond donors (Lipinski definition) is 0. The minimum absolute atomic E-state index is 0.0336. The number of aromatic nitrogens is 4. The van der Waals surface area contributed by atoms with E-state index in [0.717, 1.165) is 63.8 Å². The quantitative estimate of drug-likeness (QED) is 0.389. The number of imidazole rings is 1. The molecule has 0 radical (unpaired) electrons. The molecule has 2 aromatic heterocycles. The number of allylic oxidation sites excluding steroid dienone is 3. The SMILES string of the molecule is C=C1CC[C@]2(C)[C@H](CCCC23OCCO3)[C@@]1(C)C/C=C(\C)CCn1cnc2ncnc(Cl)c21. The Morgan fingerprint density at radius 3 is 2.82 bits per heavy atom. The standard InChI is InChI=1S/C26H35ClN4O2/c1-18(9-13-31-17-30-23-21(31)22(27)28-16-29-23)7-11-24(3)19(2)8-12-25(4)20(24)6-5-10-26(25)32-14-15-33-26/h7,16-17,20H,2,5-6,8-15H2,1,3-4H3/b18-7+/t20-,24+,25-/m1/s1.